The molecule has 2 aromatic rings. The molecule has 8 heteroatoms. The van der Waals surface area contributed by atoms with Crippen LogP contribution in [0.1, 0.15) is 11.3 Å². The lowest BCUT2D eigenvalue weighted by atomic mass is 10.3. The number of hydrogen-bond donors (Lipinski definition) is 2. The van der Waals surface area contributed by atoms with Crippen molar-refractivity contribution in [1.29, 1.82) is 0 Å². The lowest BCUT2D eigenvalue weighted by Gasteiger charge is -2.04. The van der Waals surface area contributed by atoms with Gasteiger partial charge in [-0.2, -0.15) is 8.42 Å². The lowest BCUT2D eigenvalue weighted by Crippen LogP contribution is -2.14. The number of hydrogen-bond acceptors (Lipinski definition) is 6. The van der Waals surface area contributed by atoms with E-state index in [0.29, 0.717) is 11.7 Å². The number of aryl methyl sites for hydroxylation is 1. The summed E-state index contributed by atoms with van der Waals surface area (Å²) in [5.74, 6) is 0. The molecule has 2 aromatic heterocycles. The summed E-state index contributed by atoms with van der Waals surface area (Å²) < 4.78 is 26.3. The van der Waals surface area contributed by atoms with Gasteiger partial charge in [-0.1, -0.05) is 6.07 Å². The normalized spacial score (nSPS) is 11.4. The van der Waals surface area contributed by atoms with Crippen LogP contribution in [0, 0.1) is 6.92 Å². The molecule has 96 valence electrons. The summed E-state index contributed by atoms with van der Waals surface area (Å²) >= 11 is 1.23. The molecule has 0 amide bonds. The molecule has 0 saturated carbocycles. The Bertz CT molecular complexity index is 634. The van der Waals surface area contributed by atoms with Crippen LogP contribution in [0.5, 0.6) is 0 Å². The zero-order valence-corrected chi connectivity index (χ0v) is 11.3. The maximum absolute atomic E-state index is 12.0. The van der Waals surface area contributed by atoms with Crippen LogP contribution in [-0.2, 0) is 16.6 Å². The second-order valence-electron chi connectivity index (χ2n) is 3.61. The Morgan fingerprint density at radius 3 is 2.72 bits per heavy atom. The molecule has 0 aliphatic rings. The van der Waals surface area contributed by atoms with Crippen LogP contribution >= 0.6 is 11.3 Å². The van der Waals surface area contributed by atoms with E-state index in [9.17, 15) is 8.42 Å². The Hall–Kier alpha value is -1.51. The molecular weight excluding hydrogens is 272 g/mol. The molecular formula is C10H12N4O2S2. The van der Waals surface area contributed by atoms with Gasteiger partial charge in [0, 0.05) is 18.1 Å². The monoisotopic (exact) mass is 284 g/mol. The van der Waals surface area contributed by atoms with Gasteiger partial charge in [-0.15, -0.1) is 11.3 Å². The van der Waals surface area contributed by atoms with Crippen LogP contribution in [0.15, 0.2) is 28.7 Å². The zero-order valence-electron chi connectivity index (χ0n) is 9.62. The third-order valence-electron chi connectivity index (χ3n) is 2.15. The molecule has 2 rings (SSSR count). The predicted molar refractivity (Wildman–Crippen MR) is 69.8 cm³/mol. The first-order valence-electron chi connectivity index (χ1n) is 5.11. The first kappa shape index (κ1) is 12.9. The van der Waals surface area contributed by atoms with Crippen LogP contribution in [-0.4, -0.2) is 18.4 Å². The highest BCUT2D eigenvalue weighted by Gasteiger charge is 2.17. The fourth-order valence-corrected chi connectivity index (χ4v) is 3.13. The smallest absolute Gasteiger partial charge is 0.281 e. The number of nitrogens with two attached hydrogens (primary N) is 1. The molecule has 0 aliphatic heterocycles. The van der Waals surface area contributed by atoms with Crippen LogP contribution in [0.2, 0.25) is 0 Å². The minimum Gasteiger partial charge on any atom is -0.326 e. The van der Waals surface area contributed by atoms with Crippen molar-refractivity contribution in [2.24, 2.45) is 5.73 Å². The molecule has 0 saturated heterocycles. The maximum Gasteiger partial charge on any atom is 0.281 e. The van der Waals surface area contributed by atoms with Crippen molar-refractivity contribution < 1.29 is 8.42 Å². The Morgan fingerprint density at radius 2 is 2.22 bits per heavy atom. The SMILES string of the molecule is Cc1csc(NS(=O)(=O)c2ccc(CN)cn2)n1. The summed E-state index contributed by atoms with van der Waals surface area (Å²) in [7, 11) is -3.68. The molecule has 6 nitrogen and oxygen atoms in total. The van der Waals surface area contributed by atoms with E-state index < -0.39 is 10.0 Å². The molecule has 0 spiro atoms. The van der Waals surface area contributed by atoms with Gasteiger partial charge >= 0.3 is 0 Å². The number of rotatable bonds is 4. The van der Waals surface area contributed by atoms with Crippen LogP contribution < -0.4 is 10.5 Å². The Kier molecular flexibility index (Phi) is 3.60. The zero-order chi connectivity index (χ0) is 13.2. The van der Waals surface area contributed by atoms with Crippen LogP contribution in [0.4, 0.5) is 5.13 Å². The summed E-state index contributed by atoms with van der Waals surface area (Å²) in [5.41, 5.74) is 6.97. The van der Waals surface area contributed by atoms with Crippen LogP contribution in [0.3, 0.4) is 0 Å². The van der Waals surface area contributed by atoms with Gasteiger partial charge in [0.1, 0.15) is 0 Å². The minimum absolute atomic E-state index is 0.0486. The highest BCUT2D eigenvalue weighted by Crippen LogP contribution is 2.18. The number of anilines is 1. The van der Waals surface area contributed by atoms with E-state index in [1.165, 1.54) is 23.6 Å². The third-order valence-corrected chi connectivity index (χ3v) is 4.41. The largest absolute Gasteiger partial charge is 0.326 e. The van der Waals surface area contributed by atoms with E-state index in [0.717, 1.165) is 11.3 Å². The summed E-state index contributed by atoms with van der Waals surface area (Å²) in [5, 5.41) is 2.05. The molecule has 0 atom stereocenters. The summed E-state index contributed by atoms with van der Waals surface area (Å²) in [6.07, 6.45) is 1.45. The molecule has 0 radical (unpaired) electrons. The lowest BCUT2D eigenvalue weighted by molar-refractivity contribution is 0.597. The second kappa shape index (κ2) is 5.01. The standard InChI is InChI=1S/C10H12N4O2S2/c1-7-6-17-10(13-7)14-18(15,16)9-3-2-8(4-11)5-12-9/h2-3,5-6H,4,11H2,1H3,(H,13,14). The van der Waals surface area contributed by atoms with Gasteiger partial charge in [0.05, 0.1) is 5.69 Å². The van der Waals surface area contributed by atoms with Gasteiger partial charge < -0.3 is 5.73 Å². The molecule has 0 aromatic carbocycles. The topological polar surface area (TPSA) is 98.0 Å². The first-order chi connectivity index (χ1) is 8.51. The summed E-state index contributed by atoms with van der Waals surface area (Å²) in [4.78, 5) is 7.91. The van der Waals surface area contributed by atoms with E-state index in [-0.39, 0.29) is 5.03 Å². The predicted octanol–water partition coefficient (Wildman–Crippen LogP) is 1.11. The second-order valence-corrected chi connectivity index (χ2v) is 6.10. The van der Waals surface area contributed by atoms with Crippen molar-refractivity contribution in [1.82, 2.24) is 9.97 Å². The number of aromatic nitrogens is 2. The van der Waals surface area contributed by atoms with Gasteiger partial charge in [-0.25, -0.2) is 9.97 Å². The summed E-state index contributed by atoms with van der Waals surface area (Å²) in [6, 6.07) is 3.06. The number of thiazole rings is 1. The molecule has 0 fully saturated rings. The van der Waals surface area contributed by atoms with Crippen LogP contribution in [0.25, 0.3) is 0 Å². The van der Waals surface area contributed by atoms with E-state index >= 15 is 0 Å². The van der Waals surface area contributed by atoms with Crippen molar-refractivity contribution in [3.63, 3.8) is 0 Å². The van der Waals surface area contributed by atoms with Crippen molar-refractivity contribution in [2.75, 3.05) is 4.72 Å². The van der Waals surface area contributed by atoms with Crippen molar-refractivity contribution in [3.05, 3.63) is 35.0 Å². The highest BCUT2D eigenvalue weighted by atomic mass is 32.2. The fraction of sp³-hybridized carbons (Fsp3) is 0.200. The van der Waals surface area contributed by atoms with Crippen molar-refractivity contribution in [3.8, 4) is 0 Å². The van der Waals surface area contributed by atoms with E-state index in [1.54, 1.807) is 18.4 Å². The number of nitrogens with one attached hydrogen (secondary N) is 1. The molecule has 18 heavy (non-hydrogen) atoms. The number of pyridine rings is 1. The quantitative estimate of drug-likeness (QED) is 0.876. The van der Waals surface area contributed by atoms with E-state index in [4.69, 9.17) is 5.73 Å². The highest BCUT2D eigenvalue weighted by molar-refractivity contribution is 7.92. The van der Waals surface area contributed by atoms with E-state index in [2.05, 4.69) is 14.7 Å². The number of nitrogens with zero attached hydrogens (tertiary/aromatic N) is 2. The molecule has 0 aliphatic carbocycles. The van der Waals surface area contributed by atoms with Crippen molar-refractivity contribution in [2.45, 2.75) is 18.5 Å². The number of sulfonamides is 1. The summed E-state index contributed by atoms with van der Waals surface area (Å²) in [6.45, 7) is 2.12. The molecule has 0 unspecified atom stereocenters. The molecule has 2 heterocycles. The minimum atomic E-state index is -3.68. The first-order valence-corrected chi connectivity index (χ1v) is 7.47. The Balaban J connectivity index is 2.24. The van der Waals surface area contributed by atoms with E-state index in [1.807, 2.05) is 0 Å². The molecule has 0 bridgehead atoms. The van der Waals surface area contributed by atoms with Gasteiger partial charge in [0.2, 0.25) is 0 Å². The Labute approximate surface area is 109 Å². The van der Waals surface area contributed by atoms with Gasteiger partial charge in [0.25, 0.3) is 10.0 Å². The van der Waals surface area contributed by atoms with Gasteiger partial charge in [0.15, 0.2) is 10.2 Å². The molecule has 3 N–H and O–H groups in total. The average molecular weight is 284 g/mol. The van der Waals surface area contributed by atoms with Gasteiger partial charge in [-0.05, 0) is 18.6 Å². The van der Waals surface area contributed by atoms with Crippen molar-refractivity contribution >= 4 is 26.5 Å². The fourth-order valence-electron chi connectivity index (χ4n) is 1.26. The van der Waals surface area contributed by atoms with Gasteiger partial charge in [-0.3, -0.25) is 4.72 Å². The average Bonchev–Trinajstić information content (AvgIpc) is 2.74. The third kappa shape index (κ3) is 2.84. The Morgan fingerprint density at radius 1 is 1.44 bits per heavy atom. The maximum atomic E-state index is 12.0.